The number of quaternary nitrogens is 1. The number of likely N-dealkylation sites (N-methyl/N-ethyl adjacent to an activating group) is 1. The van der Waals surface area contributed by atoms with Crippen molar-refractivity contribution in [2.75, 3.05) is 40.9 Å². The molecule has 0 heterocycles. The Morgan fingerprint density at radius 3 is 1.01 bits per heavy atom. The van der Waals surface area contributed by atoms with Crippen molar-refractivity contribution < 1.29 is 32.9 Å². The second-order valence-corrected chi connectivity index (χ2v) is 25.6. The molecule has 74 heavy (non-hydrogen) atoms. The van der Waals surface area contributed by atoms with Crippen molar-refractivity contribution in [3.63, 3.8) is 0 Å². The molecule has 8 nitrogen and oxygen atoms in total. The molecule has 442 valence electrons. The Hall–Kier alpha value is -0.760. The van der Waals surface area contributed by atoms with Gasteiger partial charge in [0.2, 0.25) is 5.91 Å². The van der Waals surface area contributed by atoms with Crippen LogP contribution in [0, 0.1) is 0 Å². The second kappa shape index (κ2) is 56.9. The zero-order valence-corrected chi connectivity index (χ0v) is 51.5. The molecule has 0 bridgehead atoms. The summed E-state index contributed by atoms with van der Waals surface area (Å²) in [4.78, 5) is 25.6. The Balaban J connectivity index is 4.06. The van der Waals surface area contributed by atoms with Gasteiger partial charge in [0, 0.05) is 6.42 Å². The highest BCUT2D eigenvalue weighted by Gasteiger charge is 2.23. The number of unbranched alkanes of at least 4 members (excludes halogenated alkanes) is 49. The summed E-state index contributed by atoms with van der Waals surface area (Å²) in [5.41, 5.74) is 0. The lowest BCUT2D eigenvalue weighted by Gasteiger charge is -2.29. The molecule has 0 aromatic heterocycles. The fraction of sp³-hybridized carbons (Fsp3) is 0.954. The maximum atomic E-state index is 13.0. The molecule has 2 N–H and O–H groups in total. The van der Waals surface area contributed by atoms with Crippen molar-refractivity contribution in [1.82, 2.24) is 5.32 Å². The summed E-state index contributed by atoms with van der Waals surface area (Å²) >= 11 is 0. The van der Waals surface area contributed by atoms with Crippen molar-refractivity contribution in [1.29, 1.82) is 0 Å². The van der Waals surface area contributed by atoms with Gasteiger partial charge in [0.1, 0.15) is 13.2 Å². The van der Waals surface area contributed by atoms with Gasteiger partial charge in [0.25, 0.3) is 7.82 Å². The van der Waals surface area contributed by atoms with Crippen LogP contribution in [0.25, 0.3) is 0 Å². The van der Waals surface area contributed by atoms with Crippen LogP contribution in [0.2, 0.25) is 0 Å². The molecule has 0 saturated heterocycles. The molecule has 0 aliphatic rings. The van der Waals surface area contributed by atoms with Crippen LogP contribution in [0.15, 0.2) is 12.2 Å². The highest BCUT2D eigenvalue weighted by Crippen LogP contribution is 2.38. The van der Waals surface area contributed by atoms with Crippen LogP contribution in [0.5, 0.6) is 0 Å². The molecule has 0 fully saturated rings. The molecule has 3 atom stereocenters. The first-order valence-corrected chi connectivity index (χ1v) is 34.5. The lowest BCUT2D eigenvalue weighted by atomic mass is 10.0. The predicted octanol–water partition coefficient (Wildman–Crippen LogP) is 19.9. The first-order valence-electron chi connectivity index (χ1n) is 33.1. The number of nitrogens with one attached hydrogen (secondary N) is 1. The van der Waals surface area contributed by atoms with Crippen molar-refractivity contribution in [2.24, 2.45) is 0 Å². The largest absolute Gasteiger partial charge is 0.756 e. The molecule has 0 aromatic carbocycles. The number of aliphatic hydroxyl groups is 1. The maximum Gasteiger partial charge on any atom is 0.268 e. The normalized spacial score (nSPS) is 13.8. The average molecular weight is 1070 g/mol. The van der Waals surface area contributed by atoms with E-state index in [4.69, 9.17) is 9.05 Å². The first-order chi connectivity index (χ1) is 36.0. The molecular formula is C65H131N2O6P. The highest BCUT2D eigenvalue weighted by atomic mass is 31.2. The quantitative estimate of drug-likeness (QED) is 0.0272. The first kappa shape index (κ1) is 73.2. The van der Waals surface area contributed by atoms with E-state index in [0.717, 1.165) is 38.5 Å². The minimum absolute atomic E-state index is 0.00291. The fourth-order valence-corrected chi connectivity index (χ4v) is 11.1. The third-order valence-electron chi connectivity index (χ3n) is 15.5. The monoisotopic (exact) mass is 1070 g/mol. The number of carbonyl (C=O) groups excluding carboxylic acids is 1. The summed E-state index contributed by atoms with van der Waals surface area (Å²) in [6.45, 7) is 4.72. The molecule has 3 unspecified atom stereocenters. The second-order valence-electron chi connectivity index (χ2n) is 24.2. The summed E-state index contributed by atoms with van der Waals surface area (Å²) in [5, 5.41) is 13.9. The van der Waals surface area contributed by atoms with Crippen LogP contribution in [0.4, 0.5) is 0 Å². The minimum atomic E-state index is -4.60. The van der Waals surface area contributed by atoms with Gasteiger partial charge in [-0.3, -0.25) is 9.36 Å². The van der Waals surface area contributed by atoms with E-state index in [-0.39, 0.29) is 19.1 Å². The number of amides is 1. The van der Waals surface area contributed by atoms with Gasteiger partial charge < -0.3 is 28.8 Å². The van der Waals surface area contributed by atoms with Gasteiger partial charge in [0.05, 0.1) is 39.9 Å². The van der Waals surface area contributed by atoms with Crippen LogP contribution < -0.4 is 10.2 Å². The van der Waals surface area contributed by atoms with Crippen LogP contribution in [-0.4, -0.2) is 68.5 Å². The third-order valence-corrected chi connectivity index (χ3v) is 16.5. The van der Waals surface area contributed by atoms with Crippen molar-refractivity contribution >= 4 is 13.7 Å². The Bertz CT molecular complexity index is 1210. The topological polar surface area (TPSA) is 108 Å². The van der Waals surface area contributed by atoms with Crippen LogP contribution in [0.1, 0.15) is 348 Å². The molecule has 0 spiro atoms. The number of aliphatic hydroxyl groups excluding tert-OH is 1. The standard InChI is InChI=1S/C65H131N2O6P/c1-6-8-10-12-14-16-18-20-22-24-26-28-30-31-32-33-34-35-37-39-41-43-45-47-49-51-53-55-57-59-65(69)66-63(62-73-74(70,71)72-61-60-67(3,4)5)64(68)58-56-54-52-50-48-46-44-42-40-38-36-29-27-25-23-21-19-17-15-13-11-9-7-2/h56,58,63-64,68H,6-55,57,59-62H2,1-5H3,(H-,66,69,70,71)/b58-56+. The number of hydrogen-bond donors (Lipinski definition) is 2. The summed E-state index contributed by atoms with van der Waals surface area (Å²) in [5.74, 6) is -0.188. The number of hydrogen-bond acceptors (Lipinski definition) is 6. The lowest BCUT2D eigenvalue weighted by molar-refractivity contribution is -0.870. The Morgan fingerprint density at radius 2 is 0.730 bits per heavy atom. The van der Waals surface area contributed by atoms with Crippen molar-refractivity contribution in [3.8, 4) is 0 Å². The van der Waals surface area contributed by atoms with E-state index >= 15 is 0 Å². The number of phosphoric ester groups is 1. The van der Waals surface area contributed by atoms with E-state index in [1.807, 2.05) is 27.2 Å². The molecular weight excluding hydrogens is 936 g/mol. The number of allylic oxidation sites excluding steroid dienone is 1. The average Bonchev–Trinajstić information content (AvgIpc) is 3.36. The van der Waals surface area contributed by atoms with Gasteiger partial charge in [-0.2, -0.15) is 0 Å². The van der Waals surface area contributed by atoms with Gasteiger partial charge >= 0.3 is 0 Å². The summed E-state index contributed by atoms with van der Waals surface area (Å²) in [6, 6.07) is -0.883. The number of nitrogens with zero attached hydrogens (tertiary/aromatic N) is 1. The van der Waals surface area contributed by atoms with E-state index in [1.165, 1.54) is 289 Å². The van der Waals surface area contributed by atoms with Gasteiger partial charge in [-0.15, -0.1) is 0 Å². The molecule has 1 amide bonds. The van der Waals surface area contributed by atoms with Crippen LogP contribution in [0.3, 0.4) is 0 Å². The molecule has 9 heteroatoms. The molecule has 0 radical (unpaired) electrons. The van der Waals surface area contributed by atoms with Gasteiger partial charge in [0.15, 0.2) is 0 Å². The molecule has 0 aromatic rings. The summed E-state index contributed by atoms with van der Waals surface area (Å²) in [6.07, 6.45) is 71.7. The van der Waals surface area contributed by atoms with E-state index in [2.05, 4.69) is 19.2 Å². The zero-order valence-electron chi connectivity index (χ0n) is 50.6. The molecule has 0 aliphatic heterocycles. The van der Waals surface area contributed by atoms with Crippen LogP contribution >= 0.6 is 7.82 Å². The number of carbonyl (C=O) groups is 1. The number of phosphoric acid groups is 1. The summed E-state index contributed by atoms with van der Waals surface area (Å²) < 4.78 is 23.4. The van der Waals surface area contributed by atoms with Gasteiger partial charge in [-0.25, -0.2) is 0 Å². The Kier molecular flexibility index (Phi) is 56.4. The molecule has 0 aliphatic carbocycles. The highest BCUT2D eigenvalue weighted by molar-refractivity contribution is 7.45. The third kappa shape index (κ3) is 58.9. The smallest absolute Gasteiger partial charge is 0.268 e. The van der Waals surface area contributed by atoms with E-state index < -0.39 is 20.0 Å². The zero-order chi connectivity index (χ0) is 54.2. The van der Waals surface area contributed by atoms with E-state index in [9.17, 15) is 19.4 Å². The van der Waals surface area contributed by atoms with Crippen molar-refractivity contribution in [2.45, 2.75) is 360 Å². The van der Waals surface area contributed by atoms with Crippen LogP contribution in [-0.2, 0) is 18.4 Å². The SMILES string of the molecule is CCCCCCCCCCCCCCCCCCCCCCC/C=C/C(O)C(COP(=O)([O-])OCC[N+](C)(C)C)NC(=O)CCCCCCCCCCCCCCCCCCCCCCCCCCCCCCC. The Labute approximate surface area is 462 Å². The minimum Gasteiger partial charge on any atom is -0.756 e. The maximum absolute atomic E-state index is 13.0. The fourth-order valence-electron chi connectivity index (χ4n) is 10.3. The lowest BCUT2D eigenvalue weighted by Crippen LogP contribution is -2.45. The molecule has 0 saturated carbocycles. The van der Waals surface area contributed by atoms with Gasteiger partial charge in [-0.1, -0.05) is 334 Å². The predicted molar refractivity (Wildman–Crippen MR) is 321 cm³/mol. The van der Waals surface area contributed by atoms with E-state index in [0.29, 0.717) is 17.4 Å². The summed E-state index contributed by atoms with van der Waals surface area (Å²) in [7, 11) is 1.28. The van der Waals surface area contributed by atoms with Gasteiger partial charge in [-0.05, 0) is 19.3 Å². The van der Waals surface area contributed by atoms with E-state index in [1.54, 1.807) is 6.08 Å². The molecule has 0 rings (SSSR count). The number of rotatable bonds is 62. The van der Waals surface area contributed by atoms with Crippen molar-refractivity contribution in [3.05, 3.63) is 12.2 Å². The Morgan fingerprint density at radius 1 is 0.459 bits per heavy atom.